The van der Waals surface area contributed by atoms with Crippen molar-refractivity contribution in [3.63, 3.8) is 0 Å². The fourth-order valence-electron chi connectivity index (χ4n) is 11.3. The van der Waals surface area contributed by atoms with Crippen LogP contribution >= 0.6 is 0 Å². The van der Waals surface area contributed by atoms with Crippen molar-refractivity contribution in [2.24, 2.45) is 34.5 Å². The number of ether oxygens (including phenoxy) is 5. The third-order valence-electron chi connectivity index (χ3n) is 11.8. The molecule has 9 heteroatoms. The standard InChI is InChI=1S/C27H43NO8/c1-7-28-12-24(13-32-3)9-8-18(34-5)26-16-10-15-17(33-4)11-25(30,19(16)20(15)36-14(2)29)27(31,23(26)28)22(35-6)21(24)26/h15-23,30-31H,7-13H2,1-6H3/t15-,16-,17+,18+,19-,20+,21-,22+,23+,24+,25-,26+,27-/m1/s1. The predicted octanol–water partition coefficient (Wildman–Crippen LogP) is 0.842. The van der Waals surface area contributed by atoms with Gasteiger partial charge < -0.3 is 33.9 Å². The molecule has 5 aliphatic carbocycles. The fraction of sp³-hybridized carbons (Fsp3) is 0.963. The first-order chi connectivity index (χ1) is 17.2. The first kappa shape index (κ1) is 25.5. The highest BCUT2D eigenvalue weighted by atomic mass is 16.6. The van der Waals surface area contributed by atoms with Crippen molar-refractivity contribution in [1.82, 2.24) is 4.90 Å². The lowest BCUT2D eigenvalue weighted by Gasteiger charge is -2.70. The number of methoxy groups -OCH3 is 4. The number of likely N-dealkylation sites (tertiary alicyclic amines) is 1. The van der Waals surface area contributed by atoms with Gasteiger partial charge in [0.25, 0.3) is 0 Å². The molecule has 6 rings (SSSR count). The maximum atomic E-state index is 13.1. The van der Waals surface area contributed by atoms with Crippen molar-refractivity contribution >= 4 is 5.97 Å². The first-order valence-electron chi connectivity index (χ1n) is 13.6. The molecule has 1 aliphatic heterocycles. The van der Waals surface area contributed by atoms with E-state index in [1.807, 2.05) is 0 Å². The van der Waals surface area contributed by atoms with E-state index in [-0.39, 0.29) is 53.8 Å². The van der Waals surface area contributed by atoms with E-state index in [2.05, 4.69) is 11.8 Å². The van der Waals surface area contributed by atoms with Gasteiger partial charge >= 0.3 is 5.97 Å². The van der Waals surface area contributed by atoms with Gasteiger partial charge in [-0.25, -0.2) is 0 Å². The Bertz CT molecular complexity index is 918. The van der Waals surface area contributed by atoms with E-state index < -0.39 is 34.7 Å². The van der Waals surface area contributed by atoms with E-state index in [9.17, 15) is 15.0 Å². The summed E-state index contributed by atoms with van der Waals surface area (Å²) in [6.07, 6.45) is 1.20. The lowest BCUT2D eigenvalue weighted by molar-refractivity contribution is -0.319. The lowest BCUT2D eigenvalue weighted by Crippen LogP contribution is -2.82. The van der Waals surface area contributed by atoms with Crippen LogP contribution in [0.3, 0.4) is 0 Å². The van der Waals surface area contributed by atoms with Crippen LogP contribution in [0.1, 0.15) is 39.5 Å². The summed E-state index contributed by atoms with van der Waals surface area (Å²) in [4.78, 5) is 14.7. The summed E-state index contributed by atoms with van der Waals surface area (Å²) in [5, 5.41) is 26.0. The first-order valence-corrected chi connectivity index (χ1v) is 13.6. The number of carbonyl (C=O) groups excluding carboxylic acids is 1. The fourth-order valence-corrected chi connectivity index (χ4v) is 11.3. The molecule has 0 unspecified atom stereocenters. The normalized spacial score (nSPS) is 56.6. The second kappa shape index (κ2) is 8.10. The van der Waals surface area contributed by atoms with Gasteiger partial charge in [0.05, 0.1) is 31.0 Å². The number of fused-ring (bicyclic) bond motifs is 2. The molecular weight excluding hydrogens is 466 g/mol. The van der Waals surface area contributed by atoms with Gasteiger partial charge in [-0.2, -0.15) is 0 Å². The summed E-state index contributed by atoms with van der Waals surface area (Å²) in [7, 11) is 6.83. The van der Waals surface area contributed by atoms with Gasteiger partial charge in [-0.05, 0) is 31.7 Å². The van der Waals surface area contributed by atoms with Gasteiger partial charge in [0.15, 0.2) is 0 Å². The monoisotopic (exact) mass is 509 g/mol. The summed E-state index contributed by atoms with van der Waals surface area (Å²) in [6, 6.07) is -0.348. The zero-order chi connectivity index (χ0) is 25.8. The number of nitrogens with zero attached hydrogens (tertiary/aromatic N) is 1. The summed E-state index contributed by atoms with van der Waals surface area (Å²) < 4.78 is 30.5. The van der Waals surface area contributed by atoms with E-state index in [1.165, 1.54) is 6.92 Å². The molecule has 0 amide bonds. The van der Waals surface area contributed by atoms with Crippen LogP contribution in [0.25, 0.3) is 0 Å². The average molecular weight is 510 g/mol. The van der Waals surface area contributed by atoms with Crippen LogP contribution in [0.2, 0.25) is 0 Å². The molecule has 0 aromatic heterocycles. The smallest absolute Gasteiger partial charge is 0.302 e. The van der Waals surface area contributed by atoms with Crippen molar-refractivity contribution in [2.75, 3.05) is 48.1 Å². The molecule has 1 spiro atoms. The lowest BCUT2D eigenvalue weighted by atomic mass is 9.42. The van der Waals surface area contributed by atoms with Crippen LogP contribution < -0.4 is 0 Å². The molecule has 6 aliphatic rings. The molecule has 0 aromatic rings. The number of carbonyl (C=O) groups is 1. The number of hydrogen-bond donors (Lipinski definition) is 2. The third-order valence-corrected chi connectivity index (χ3v) is 11.8. The van der Waals surface area contributed by atoms with Crippen LogP contribution in [0, 0.1) is 34.5 Å². The Morgan fingerprint density at radius 1 is 1.11 bits per heavy atom. The molecule has 1 heterocycles. The van der Waals surface area contributed by atoms with E-state index in [0.29, 0.717) is 6.61 Å². The Morgan fingerprint density at radius 2 is 1.86 bits per heavy atom. The molecule has 6 fully saturated rings. The largest absolute Gasteiger partial charge is 0.462 e. The second-order valence-electron chi connectivity index (χ2n) is 12.5. The minimum Gasteiger partial charge on any atom is -0.462 e. The highest BCUT2D eigenvalue weighted by molar-refractivity contribution is 5.66. The molecule has 2 N–H and O–H groups in total. The Hall–Kier alpha value is -0.810. The maximum absolute atomic E-state index is 13.1. The molecule has 204 valence electrons. The van der Waals surface area contributed by atoms with E-state index in [1.54, 1.807) is 28.4 Å². The van der Waals surface area contributed by atoms with Crippen molar-refractivity contribution in [3.8, 4) is 0 Å². The highest BCUT2D eigenvalue weighted by Crippen LogP contribution is 2.80. The molecule has 5 saturated carbocycles. The van der Waals surface area contributed by atoms with Gasteiger partial charge in [-0.15, -0.1) is 0 Å². The van der Waals surface area contributed by atoms with Gasteiger partial charge in [-0.1, -0.05) is 6.92 Å². The topological polar surface area (TPSA) is 107 Å². The van der Waals surface area contributed by atoms with Crippen LogP contribution in [0.5, 0.6) is 0 Å². The molecule has 36 heavy (non-hydrogen) atoms. The Kier molecular flexibility index (Phi) is 5.73. The number of piperidine rings is 1. The summed E-state index contributed by atoms with van der Waals surface area (Å²) in [5.41, 5.74) is -3.87. The van der Waals surface area contributed by atoms with Gasteiger partial charge in [0.2, 0.25) is 0 Å². The number of esters is 1. The van der Waals surface area contributed by atoms with Crippen LogP contribution in [-0.4, -0.2) is 111 Å². The number of likely N-dealkylation sites (N-methyl/N-ethyl adjacent to an activating group) is 1. The number of aliphatic hydroxyl groups is 2. The summed E-state index contributed by atoms with van der Waals surface area (Å²) in [5.74, 6) is -0.924. The predicted molar refractivity (Wildman–Crippen MR) is 128 cm³/mol. The molecular formula is C27H43NO8. The zero-order valence-electron chi connectivity index (χ0n) is 22.4. The van der Waals surface area contributed by atoms with Crippen LogP contribution in [0.4, 0.5) is 0 Å². The van der Waals surface area contributed by atoms with Crippen molar-refractivity contribution < 1.29 is 38.7 Å². The van der Waals surface area contributed by atoms with E-state index >= 15 is 0 Å². The minimum absolute atomic E-state index is 0.0248. The minimum atomic E-state index is -1.59. The van der Waals surface area contributed by atoms with E-state index in [0.717, 1.165) is 32.4 Å². The molecule has 1 saturated heterocycles. The van der Waals surface area contributed by atoms with Gasteiger partial charge in [-0.3, -0.25) is 9.69 Å². The van der Waals surface area contributed by atoms with Crippen molar-refractivity contribution in [1.29, 1.82) is 0 Å². The van der Waals surface area contributed by atoms with E-state index in [4.69, 9.17) is 23.7 Å². The summed E-state index contributed by atoms with van der Waals surface area (Å²) in [6.45, 7) is 5.62. The zero-order valence-corrected chi connectivity index (χ0v) is 22.4. The SMILES string of the molecule is CCN1C[C@]2(COC)CC[C@H](OC)[C@@]34[C@@H]5C[C@H]6[C@H](OC(C)=O)[C@@H]5[C@](O)(C[C@@H]6OC)[C@@](O)([C@@H](OC)[C@H]23)[C@@H]14. The quantitative estimate of drug-likeness (QED) is 0.483. The van der Waals surface area contributed by atoms with Crippen molar-refractivity contribution in [2.45, 2.75) is 81.2 Å². The Labute approximate surface area is 213 Å². The molecule has 0 aromatic carbocycles. The van der Waals surface area contributed by atoms with Crippen LogP contribution in [0.15, 0.2) is 0 Å². The second-order valence-corrected chi connectivity index (χ2v) is 12.5. The van der Waals surface area contributed by atoms with Gasteiger partial charge in [0, 0.05) is 76.9 Å². The molecule has 0 radical (unpaired) electrons. The summed E-state index contributed by atoms with van der Waals surface area (Å²) >= 11 is 0. The number of rotatable bonds is 7. The molecule has 9 nitrogen and oxygen atoms in total. The Morgan fingerprint density at radius 3 is 2.44 bits per heavy atom. The molecule has 7 bridgehead atoms. The number of hydrogen-bond acceptors (Lipinski definition) is 9. The van der Waals surface area contributed by atoms with Gasteiger partial charge in [0.1, 0.15) is 17.3 Å². The maximum Gasteiger partial charge on any atom is 0.302 e. The highest BCUT2D eigenvalue weighted by Gasteiger charge is 2.91. The third kappa shape index (κ3) is 2.55. The Balaban J connectivity index is 1.66. The van der Waals surface area contributed by atoms with Crippen LogP contribution in [-0.2, 0) is 28.5 Å². The van der Waals surface area contributed by atoms with Crippen molar-refractivity contribution in [3.05, 3.63) is 0 Å². The average Bonchev–Trinajstić information content (AvgIpc) is 3.23. The molecule has 13 atom stereocenters.